The monoisotopic (exact) mass is 246 g/mol. The summed E-state index contributed by atoms with van der Waals surface area (Å²) in [6, 6.07) is 14.7. The minimum atomic E-state index is -1.07. The molecule has 0 saturated carbocycles. The molecule has 1 atom stereocenters. The van der Waals surface area contributed by atoms with Crippen molar-refractivity contribution in [2.75, 3.05) is 6.61 Å². The zero-order valence-corrected chi connectivity index (χ0v) is 9.82. The van der Waals surface area contributed by atoms with Gasteiger partial charge in [-0.15, -0.1) is 0 Å². The summed E-state index contributed by atoms with van der Waals surface area (Å²) in [6.45, 7) is 0.244. The molecule has 0 saturated heterocycles. The molecule has 1 N–H and O–H groups in total. The molecule has 3 rings (SSSR count). The third-order valence-corrected chi connectivity index (χ3v) is 3.34. The van der Waals surface area contributed by atoms with Crippen molar-refractivity contribution in [3.63, 3.8) is 0 Å². The Bertz CT molecular complexity index is 550. The maximum atomic E-state index is 10.7. The molecule has 1 aliphatic heterocycles. The first-order valence-electron chi connectivity index (χ1n) is 5.41. The zero-order valence-electron chi connectivity index (χ0n) is 9.06. The summed E-state index contributed by atoms with van der Waals surface area (Å²) in [7, 11) is 0. The van der Waals surface area contributed by atoms with Crippen LogP contribution in [-0.2, 0) is 5.60 Å². The largest absolute Gasteiger partial charge is 0.489 e. The second-order valence-electron chi connectivity index (χ2n) is 4.15. The van der Waals surface area contributed by atoms with Gasteiger partial charge in [0.25, 0.3) is 0 Å². The molecule has 1 unspecified atom stereocenters. The fourth-order valence-electron chi connectivity index (χ4n) is 2.16. The number of hydrogen-bond donors (Lipinski definition) is 1. The van der Waals surface area contributed by atoms with Gasteiger partial charge in [-0.05, 0) is 23.8 Å². The van der Waals surface area contributed by atoms with E-state index in [2.05, 4.69) is 0 Å². The van der Waals surface area contributed by atoms with E-state index >= 15 is 0 Å². The van der Waals surface area contributed by atoms with Crippen LogP contribution in [0.3, 0.4) is 0 Å². The third kappa shape index (κ3) is 1.61. The van der Waals surface area contributed by atoms with Gasteiger partial charge < -0.3 is 9.84 Å². The van der Waals surface area contributed by atoms with Crippen LogP contribution in [0.5, 0.6) is 5.75 Å². The third-order valence-electron chi connectivity index (χ3n) is 3.09. The number of ether oxygens (including phenoxy) is 1. The van der Waals surface area contributed by atoms with Gasteiger partial charge in [0.2, 0.25) is 0 Å². The van der Waals surface area contributed by atoms with Gasteiger partial charge in [0.15, 0.2) is 5.60 Å². The SMILES string of the molecule is OC1(c2ccc(Cl)cc2)COc2ccccc21. The Hall–Kier alpha value is -1.51. The summed E-state index contributed by atoms with van der Waals surface area (Å²) in [4.78, 5) is 0. The summed E-state index contributed by atoms with van der Waals surface area (Å²) in [5.74, 6) is 0.741. The number of hydrogen-bond acceptors (Lipinski definition) is 2. The Morgan fingerprint density at radius 2 is 1.76 bits per heavy atom. The highest BCUT2D eigenvalue weighted by atomic mass is 35.5. The van der Waals surface area contributed by atoms with Crippen LogP contribution in [0, 0.1) is 0 Å². The number of fused-ring (bicyclic) bond motifs is 1. The van der Waals surface area contributed by atoms with Gasteiger partial charge in [-0.25, -0.2) is 0 Å². The minimum Gasteiger partial charge on any atom is -0.489 e. The normalized spacial score (nSPS) is 22.0. The molecule has 3 heteroatoms. The van der Waals surface area contributed by atoms with Crippen molar-refractivity contribution in [3.8, 4) is 5.75 Å². The highest BCUT2D eigenvalue weighted by Crippen LogP contribution is 2.41. The minimum absolute atomic E-state index is 0.244. The second kappa shape index (κ2) is 3.76. The Labute approximate surface area is 104 Å². The van der Waals surface area contributed by atoms with Gasteiger partial charge in [-0.1, -0.05) is 41.9 Å². The van der Waals surface area contributed by atoms with Gasteiger partial charge in [0.1, 0.15) is 12.4 Å². The van der Waals surface area contributed by atoms with E-state index in [1.54, 1.807) is 12.1 Å². The molecule has 1 aliphatic rings. The number of halogens is 1. The average Bonchev–Trinajstić information content (AvgIpc) is 2.70. The molecular weight excluding hydrogens is 236 g/mol. The Balaban J connectivity index is 2.12. The van der Waals surface area contributed by atoms with Crippen LogP contribution in [0.1, 0.15) is 11.1 Å². The lowest BCUT2D eigenvalue weighted by atomic mass is 9.88. The highest BCUT2D eigenvalue weighted by molar-refractivity contribution is 6.30. The first-order valence-corrected chi connectivity index (χ1v) is 5.79. The van der Waals surface area contributed by atoms with Crippen LogP contribution in [0.2, 0.25) is 5.02 Å². The van der Waals surface area contributed by atoms with Crippen LogP contribution < -0.4 is 4.74 Å². The smallest absolute Gasteiger partial charge is 0.152 e. The predicted molar refractivity (Wildman–Crippen MR) is 66.4 cm³/mol. The van der Waals surface area contributed by atoms with Gasteiger partial charge in [-0.3, -0.25) is 0 Å². The molecule has 0 bridgehead atoms. The van der Waals surface area contributed by atoms with Crippen molar-refractivity contribution >= 4 is 11.6 Å². The van der Waals surface area contributed by atoms with Crippen molar-refractivity contribution in [1.82, 2.24) is 0 Å². The van der Waals surface area contributed by atoms with Crippen LogP contribution in [0.15, 0.2) is 48.5 Å². The van der Waals surface area contributed by atoms with E-state index in [0.717, 1.165) is 16.9 Å². The maximum absolute atomic E-state index is 10.7. The van der Waals surface area contributed by atoms with Crippen LogP contribution in [-0.4, -0.2) is 11.7 Å². The molecular formula is C14H11ClO2. The van der Waals surface area contributed by atoms with E-state index in [0.29, 0.717) is 5.02 Å². The lowest BCUT2D eigenvalue weighted by molar-refractivity contribution is 0.0560. The fourth-order valence-corrected chi connectivity index (χ4v) is 2.28. The number of para-hydroxylation sites is 1. The van der Waals surface area contributed by atoms with E-state index in [1.807, 2.05) is 36.4 Å². The van der Waals surface area contributed by atoms with Crippen LogP contribution >= 0.6 is 11.6 Å². The van der Waals surface area contributed by atoms with Crippen LogP contribution in [0.25, 0.3) is 0 Å². The van der Waals surface area contributed by atoms with Gasteiger partial charge in [0.05, 0.1) is 0 Å². The Kier molecular flexibility index (Phi) is 2.35. The molecule has 2 aromatic carbocycles. The number of rotatable bonds is 1. The predicted octanol–water partition coefficient (Wildman–Crippen LogP) is 2.97. The first kappa shape index (κ1) is 10.6. The fraction of sp³-hybridized carbons (Fsp3) is 0.143. The lowest BCUT2D eigenvalue weighted by Crippen LogP contribution is -2.28. The summed E-state index contributed by atoms with van der Waals surface area (Å²) < 4.78 is 5.52. The van der Waals surface area contributed by atoms with Crippen molar-refractivity contribution in [1.29, 1.82) is 0 Å². The van der Waals surface area contributed by atoms with E-state index in [4.69, 9.17) is 16.3 Å². The Morgan fingerprint density at radius 3 is 2.53 bits per heavy atom. The lowest BCUT2D eigenvalue weighted by Gasteiger charge is -2.21. The molecule has 86 valence electrons. The maximum Gasteiger partial charge on any atom is 0.152 e. The quantitative estimate of drug-likeness (QED) is 0.838. The van der Waals surface area contributed by atoms with E-state index in [-0.39, 0.29) is 6.61 Å². The first-order chi connectivity index (χ1) is 8.20. The summed E-state index contributed by atoms with van der Waals surface area (Å²) >= 11 is 5.85. The topological polar surface area (TPSA) is 29.5 Å². The van der Waals surface area contributed by atoms with Gasteiger partial charge in [-0.2, -0.15) is 0 Å². The summed E-state index contributed by atoms with van der Waals surface area (Å²) in [5.41, 5.74) is 0.537. The van der Waals surface area contributed by atoms with Gasteiger partial charge >= 0.3 is 0 Å². The van der Waals surface area contributed by atoms with Crippen molar-refractivity contribution in [2.45, 2.75) is 5.60 Å². The molecule has 0 aromatic heterocycles. The summed E-state index contributed by atoms with van der Waals surface area (Å²) in [5, 5.41) is 11.4. The molecule has 17 heavy (non-hydrogen) atoms. The van der Waals surface area contributed by atoms with Crippen molar-refractivity contribution in [3.05, 3.63) is 64.7 Å². The average molecular weight is 247 g/mol. The zero-order chi connectivity index (χ0) is 11.9. The molecule has 0 amide bonds. The molecule has 2 nitrogen and oxygen atoms in total. The Morgan fingerprint density at radius 1 is 1.06 bits per heavy atom. The van der Waals surface area contributed by atoms with Crippen molar-refractivity contribution in [2.24, 2.45) is 0 Å². The highest BCUT2D eigenvalue weighted by Gasteiger charge is 2.40. The molecule has 0 fully saturated rings. The van der Waals surface area contributed by atoms with E-state index < -0.39 is 5.60 Å². The standard InChI is InChI=1S/C14H11ClO2/c15-11-7-5-10(6-8-11)14(16)9-17-13-4-2-1-3-12(13)14/h1-8,16H,9H2. The van der Waals surface area contributed by atoms with Gasteiger partial charge in [0, 0.05) is 10.6 Å². The molecule has 0 radical (unpaired) electrons. The second-order valence-corrected chi connectivity index (χ2v) is 4.59. The number of benzene rings is 2. The van der Waals surface area contributed by atoms with E-state index in [1.165, 1.54) is 0 Å². The van der Waals surface area contributed by atoms with Crippen molar-refractivity contribution < 1.29 is 9.84 Å². The number of aliphatic hydroxyl groups is 1. The molecule has 0 aliphatic carbocycles. The van der Waals surface area contributed by atoms with Crippen LogP contribution in [0.4, 0.5) is 0 Å². The van der Waals surface area contributed by atoms with E-state index in [9.17, 15) is 5.11 Å². The molecule has 2 aromatic rings. The molecule has 0 spiro atoms. The molecule has 1 heterocycles. The summed E-state index contributed by atoms with van der Waals surface area (Å²) in [6.07, 6.45) is 0.